The number of rotatable bonds is 4. The number of hydrogen-bond donors (Lipinski definition) is 2. The van der Waals surface area contributed by atoms with Crippen molar-refractivity contribution in [2.24, 2.45) is 5.92 Å². The van der Waals surface area contributed by atoms with Gasteiger partial charge >= 0.3 is 0 Å². The standard InChI is InChI=1S/C27H27N3O3S/c1-16-10-12-21(17(2)14-16)28-25(31)23-24-20-15-19(32-4)11-13-22(20)33-27(23,3)30(26(34)29-24)18-8-6-5-7-9-18/h5-15,23-24H,1-4H3,(H,28,31)(H,29,34)/t23-,24+,27-/m0/s1. The van der Waals surface area contributed by atoms with Crippen molar-refractivity contribution in [1.82, 2.24) is 5.32 Å². The minimum atomic E-state index is -1.06. The number of amides is 1. The summed E-state index contributed by atoms with van der Waals surface area (Å²) in [6, 6.07) is 21.0. The topological polar surface area (TPSA) is 62.8 Å². The number of thiocarbonyl (C=S) groups is 1. The van der Waals surface area contributed by atoms with Crippen LogP contribution in [0.4, 0.5) is 11.4 Å². The SMILES string of the molecule is COc1ccc2c(c1)[C@H]1NC(=S)N(c3ccccc3)[C@@](C)(O2)[C@@H]1C(=O)Nc1ccc(C)cc1C. The minimum absolute atomic E-state index is 0.149. The molecule has 0 aliphatic carbocycles. The Morgan fingerprint density at radius 1 is 1.12 bits per heavy atom. The van der Waals surface area contributed by atoms with Gasteiger partial charge in [-0.05, 0) is 75.0 Å². The number of benzene rings is 3. The maximum absolute atomic E-state index is 13.9. The lowest BCUT2D eigenvalue weighted by Gasteiger charge is -2.56. The number of para-hydroxylation sites is 1. The van der Waals surface area contributed by atoms with Crippen LogP contribution in [0.2, 0.25) is 0 Å². The summed E-state index contributed by atoms with van der Waals surface area (Å²) < 4.78 is 12.1. The number of carbonyl (C=O) groups excluding carboxylic acids is 1. The molecule has 3 atom stereocenters. The van der Waals surface area contributed by atoms with Gasteiger partial charge < -0.3 is 20.1 Å². The van der Waals surface area contributed by atoms with Gasteiger partial charge in [0.1, 0.15) is 17.4 Å². The summed E-state index contributed by atoms with van der Waals surface area (Å²) in [5, 5.41) is 7.08. The lowest BCUT2D eigenvalue weighted by molar-refractivity contribution is -0.130. The fraction of sp³-hybridized carbons (Fsp3) is 0.259. The smallest absolute Gasteiger partial charge is 0.236 e. The number of nitrogens with one attached hydrogen (secondary N) is 2. The van der Waals surface area contributed by atoms with Crippen molar-refractivity contribution in [2.75, 3.05) is 17.3 Å². The molecule has 2 heterocycles. The van der Waals surface area contributed by atoms with E-state index in [-0.39, 0.29) is 11.9 Å². The van der Waals surface area contributed by atoms with Crippen molar-refractivity contribution in [3.63, 3.8) is 0 Å². The Balaban J connectivity index is 1.63. The molecule has 7 heteroatoms. The highest BCUT2D eigenvalue weighted by molar-refractivity contribution is 7.80. The lowest BCUT2D eigenvalue weighted by atomic mass is 9.78. The molecule has 2 N–H and O–H groups in total. The molecule has 34 heavy (non-hydrogen) atoms. The van der Waals surface area contributed by atoms with Crippen LogP contribution in [0.25, 0.3) is 0 Å². The van der Waals surface area contributed by atoms with E-state index in [4.69, 9.17) is 21.7 Å². The zero-order valence-corrected chi connectivity index (χ0v) is 20.4. The first-order valence-corrected chi connectivity index (χ1v) is 11.6. The van der Waals surface area contributed by atoms with Gasteiger partial charge in [0.15, 0.2) is 10.8 Å². The number of aryl methyl sites for hydroxylation is 2. The van der Waals surface area contributed by atoms with Crippen LogP contribution in [0.1, 0.15) is 29.7 Å². The van der Waals surface area contributed by atoms with E-state index < -0.39 is 11.6 Å². The molecule has 174 valence electrons. The third kappa shape index (κ3) is 3.56. The van der Waals surface area contributed by atoms with Crippen molar-refractivity contribution in [2.45, 2.75) is 32.5 Å². The Kier molecular flexibility index (Phi) is 5.44. The predicted octanol–water partition coefficient (Wildman–Crippen LogP) is 5.11. The molecule has 0 saturated carbocycles. The Labute approximate surface area is 204 Å². The third-order valence-electron chi connectivity index (χ3n) is 6.64. The summed E-state index contributed by atoms with van der Waals surface area (Å²) in [7, 11) is 1.62. The summed E-state index contributed by atoms with van der Waals surface area (Å²) in [4.78, 5) is 15.8. The van der Waals surface area contributed by atoms with Crippen LogP contribution in [0.3, 0.4) is 0 Å². The molecule has 6 nitrogen and oxygen atoms in total. The number of carbonyl (C=O) groups is 1. The van der Waals surface area contributed by atoms with Gasteiger partial charge in [-0.2, -0.15) is 0 Å². The van der Waals surface area contributed by atoms with Crippen molar-refractivity contribution >= 4 is 34.6 Å². The molecule has 1 amide bonds. The summed E-state index contributed by atoms with van der Waals surface area (Å²) in [5.41, 5.74) is 3.56. The van der Waals surface area contributed by atoms with Crippen LogP contribution in [0.15, 0.2) is 66.7 Å². The quantitative estimate of drug-likeness (QED) is 0.514. The second-order valence-corrected chi connectivity index (χ2v) is 9.33. The lowest BCUT2D eigenvalue weighted by Crippen LogP contribution is -2.72. The van der Waals surface area contributed by atoms with Gasteiger partial charge in [-0.1, -0.05) is 35.9 Å². The Morgan fingerprint density at radius 3 is 2.59 bits per heavy atom. The second-order valence-electron chi connectivity index (χ2n) is 8.94. The maximum atomic E-state index is 13.9. The monoisotopic (exact) mass is 473 g/mol. The molecule has 0 spiro atoms. The van der Waals surface area contributed by atoms with Crippen molar-refractivity contribution in [1.29, 1.82) is 0 Å². The molecule has 3 aromatic rings. The van der Waals surface area contributed by atoms with Gasteiger partial charge in [0, 0.05) is 16.9 Å². The van der Waals surface area contributed by atoms with E-state index in [0.29, 0.717) is 16.6 Å². The average Bonchev–Trinajstić information content (AvgIpc) is 2.80. The fourth-order valence-electron chi connectivity index (χ4n) is 5.02. The number of hydrogen-bond acceptors (Lipinski definition) is 4. The highest BCUT2D eigenvalue weighted by Gasteiger charge is 2.59. The maximum Gasteiger partial charge on any atom is 0.236 e. The molecule has 2 aliphatic heterocycles. The van der Waals surface area contributed by atoms with E-state index in [1.54, 1.807) is 7.11 Å². The second kappa shape index (κ2) is 8.33. The average molecular weight is 474 g/mol. The van der Waals surface area contributed by atoms with Crippen LogP contribution < -0.4 is 25.0 Å². The van der Waals surface area contributed by atoms with Crippen LogP contribution in [-0.2, 0) is 4.79 Å². The molecule has 1 saturated heterocycles. The molecule has 1 fully saturated rings. The summed E-state index contributed by atoms with van der Waals surface area (Å²) in [6.45, 7) is 5.96. The van der Waals surface area contributed by atoms with E-state index in [1.807, 2.05) is 86.3 Å². The Bertz CT molecular complexity index is 1280. The molecule has 0 radical (unpaired) electrons. The minimum Gasteiger partial charge on any atom is -0.497 e. The first kappa shape index (κ1) is 22.2. The number of fused-ring (bicyclic) bond motifs is 4. The zero-order chi connectivity index (χ0) is 24.0. The number of nitrogens with zero attached hydrogens (tertiary/aromatic N) is 1. The van der Waals surface area contributed by atoms with Crippen LogP contribution in [-0.4, -0.2) is 23.9 Å². The first-order chi connectivity index (χ1) is 16.3. The zero-order valence-electron chi connectivity index (χ0n) is 19.6. The largest absolute Gasteiger partial charge is 0.497 e. The molecular weight excluding hydrogens is 446 g/mol. The van der Waals surface area contributed by atoms with Gasteiger partial charge in [-0.25, -0.2) is 0 Å². The molecule has 2 aliphatic rings. The van der Waals surface area contributed by atoms with Crippen LogP contribution >= 0.6 is 12.2 Å². The summed E-state index contributed by atoms with van der Waals surface area (Å²) >= 11 is 5.80. The van der Waals surface area contributed by atoms with Crippen LogP contribution in [0, 0.1) is 19.8 Å². The summed E-state index contributed by atoms with van der Waals surface area (Å²) in [5.74, 6) is 0.626. The predicted molar refractivity (Wildman–Crippen MR) is 137 cm³/mol. The molecule has 3 aromatic carbocycles. The van der Waals surface area contributed by atoms with Gasteiger partial charge in [0.2, 0.25) is 5.91 Å². The highest BCUT2D eigenvalue weighted by Crippen LogP contribution is 2.50. The number of anilines is 2. The Morgan fingerprint density at radius 2 is 1.88 bits per heavy atom. The molecular formula is C27H27N3O3S. The van der Waals surface area contributed by atoms with Gasteiger partial charge in [0.25, 0.3) is 0 Å². The number of methoxy groups -OCH3 is 1. The van der Waals surface area contributed by atoms with Crippen LogP contribution in [0.5, 0.6) is 11.5 Å². The fourth-order valence-corrected chi connectivity index (χ4v) is 5.43. The molecule has 5 rings (SSSR count). The molecule has 2 bridgehead atoms. The van der Waals surface area contributed by atoms with Gasteiger partial charge in [-0.3, -0.25) is 9.69 Å². The molecule has 0 aromatic heterocycles. The summed E-state index contributed by atoms with van der Waals surface area (Å²) in [6.07, 6.45) is 0. The third-order valence-corrected chi connectivity index (χ3v) is 6.94. The van der Waals surface area contributed by atoms with Gasteiger partial charge in [0.05, 0.1) is 13.2 Å². The first-order valence-electron chi connectivity index (χ1n) is 11.2. The van der Waals surface area contributed by atoms with Crippen molar-refractivity contribution in [3.8, 4) is 11.5 Å². The van der Waals surface area contributed by atoms with Gasteiger partial charge in [-0.15, -0.1) is 0 Å². The van der Waals surface area contributed by atoms with Crippen molar-refractivity contribution < 1.29 is 14.3 Å². The van der Waals surface area contributed by atoms with E-state index in [1.165, 1.54) is 0 Å². The molecule has 0 unspecified atom stereocenters. The van der Waals surface area contributed by atoms with Crippen molar-refractivity contribution in [3.05, 3.63) is 83.4 Å². The highest BCUT2D eigenvalue weighted by atomic mass is 32.1. The number of ether oxygens (including phenoxy) is 2. The van der Waals surface area contributed by atoms with E-state index in [0.717, 1.165) is 28.1 Å². The van der Waals surface area contributed by atoms with E-state index in [2.05, 4.69) is 16.7 Å². The van der Waals surface area contributed by atoms with E-state index >= 15 is 0 Å². The van der Waals surface area contributed by atoms with E-state index in [9.17, 15) is 4.79 Å². The Hall–Kier alpha value is -3.58. The normalized spacial score (nSPS) is 22.8.